The summed E-state index contributed by atoms with van der Waals surface area (Å²) < 4.78 is 1.06. The molecule has 92 valence electrons. The summed E-state index contributed by atoms with van der Waals surface area (Å²) in [4.78, 5) is 3.84. The molecule has 1 aliphatic heterocycles. The Balaban J connectivity index is 1.90. The summed E-state index contributed by atoms with van der Waals surface area (Å²) >= 11 is 7.00. The highest BCUT2D eigenvalue weighted by Gasteiger charge is 2.33. The number of nitriles is 1. The van der Waals surface area contributed by atoms with Gasteiger partial charge in [0.05, 0.1) is 9.86 Å². The molecule has 2 rings (SSSR count). The van der Waals surface area contributed by atoms with Gasteiger partial charge in [-0.2, -0.15) is 5.26 Å². The number of halogens is 1. The molecular weight excluding hydrogens is 316 g/mol. The third-order valence-electron chi connectivity index (χ3n) is 3.27. The van der Waals surface area contributed by atoms with Crippen LogP contribution in [-0.4, -0.2) is 29.0 Å². The van der Waals surface area contributed by atoms with Gasteiger partial charge >= 0.3 is 0 Å². The van der Waals surface area contributed by atoms with Crippen molar-refractivity contribution in [1.29, 1.82) is 5.26 Å². The van der Waals surface area contributed by atoms with E-state index in [1.165, 1.54) is 8.66 Å². The summed E-state index contributed by atoms with van der Waals surface area (Å²) in [6.07, 6.45) is 4.02. The van der Waals surface area contributed by atoms with Crippen LogP contribution in [0.15, 0.2) is 15.9 Å². The van der Waals surface area contributed by atoms with Crippen LogP contribution < -0.4 is 0 Å². The van der Waals surface area contributed by atoms with Gasteiger partial charge in [0.15, 0.2) is 0 Å². The van der Waals surface area contributed by atoms with E-state index in [1.54, 1.807) is 23.1 Å². The fourth-order valence-electron chi connectivity index (χ4n) is 2.09. The summed E-state index contributed by atoms with van der Waals surface area (Å²) in [7, 11) is 0. The Morgan fingerprint density at radius 2 is 2.24 bits per heavy atom. The van der Waals surface area contributed by atoms with Gasteiger partial charge in [-0.1, -0.05) is 0 Å². The summed E-state index contributed by atoms with van der Waals surface area (Å²) in [5.74, 6) is 0. The third-order valence-corrected chi connectivity index (χ3v) is 6.16. The van der Waals surface area contributed by atoms with E-state index < -0.39 is 0 Å². The summed E-state index contributed by atoms with van der Waals surface area (Å²) in [5.41, 5.74) is 0. The van der Waals surface area contributed by atoms with Crippen molar-refractivity contribution in [3.63, 3.8) is 0 Å². The molecule has 1 fully saturated rings. The van der Waals surface area contributed by atoms with Crippen LogP contribution in [0.25, 0.3) is 0 Å². The first-order valence-corrected chi connectivity index (χ1v) is 8.44. The topological polar surface area (TPSA) is 27.0 Å². The third kappa shape index (κ3) is 3.25. The highest BCUT2D eigenvalue weighted by molar-refractivity contribution is 9.11. The summed E-state index contributed by atoms with van der Waals surface area (Å²) in [5, 5.41) is 9.23. The molecule has 2 nitrogen and oxygen atoms in total. The van der Waals surface area contributed by atoms with Gasteiger partial charge in [0.1, 0.15) is 4.75 Å². The van der Waals surface area contributed by atoms with Crippen molar-refractivity contribution in [3.8, 4) is 6.07 Å². The van der Waals surface area contributed by atoms with Crippen LogP contribution in [0, 0.1) is 11.3 Å². The Hall–Kier alpha value is -0.0200. The molecule has 0 atom stereocenters. The van der Waals surface area contributed by atoms with E-state index >= 15 is 0 Å². The predicted octanol–water partition coefficient (Wildman–Crippen LogP) is 3.73. The second-order valence-electron chi connectivity index (χ2n) is 4.29. The predicted molar refractivity (Wildman–Crippen MR) is 78.4 cm³/mol. The van der Waals surface area contributed by atoms with Gasteiger partial charge in [-0.15, -0.1) is 23.1 Å². The second kappa shape index (κ2) is 5.75. The van der Waals surface area contributed by atoms with Gasteiger partial charge in [-0.05, 0) is 47.2 Å². The summed E-state index contributed by atoms with van der Waals surface area (Å²) in [6.45, 7) is 3.08. The lowest BCUT2D eigenvalue weighted by Crippen LogP contribution is -2.40. The number of rotatable bonds is 3. The van der Waals surface area contributed by atoms with E-state index in [0.29, 0.717) is 0 Å². The molecule has 0 saturated carbocycles. The van der Waals surface area contributed by atoms with Gasteiger partial charge in [0.25, 0.3) is 0 Å². The molecule has 0 bridgehead atoms. The molecule has 0 amide bonds. The highest BCUT2D eigenvalue weighted by atomic mass is 79.9. The lowest BCUT2D eigenvalue weighted by Gasteiger charge is -2.35. The minimum atomic E-state index is -0.132. The molecule has 5 heteroatoms. The fourth-order valence-corrected chi connectivity index (χ4v) is 4.30. The Bertz CT molecular complexity index is 416. The van der Waals surface area contributed by atoms with Crippen molar-refractivity contribution in [2.24, 2.45) is 0 Å². The van der Waals surface area contributed by atoms with Gasteiger partial charge in [0, 0.05) is 24.5 Å². The first kappa shape index (κ1) is 13.4. The van der Waals surface area contributed by atoms with Gasteiger partial charge < -0.3 is 0 Å². The molecule has 1 aromatic rings. The van der Waals surface area contributed by atoms with Crippen LogP contribution >= 0.6 is 39.0 Å². The lowest BCUT2D eigenvalue weighted by atomic mass is 9.97. The van der Waals surface area contributed by atoms with Crippen molar-refractivity contribution in [1.82, 2.24) is 4.90 Å². The largest absolute Gasteiger partial charge is 0.298 e. The SMILES string of the molecule is CSC1(C#N)CCN(Cc2ccc(Br)s2)CC1. The molecule has 0 aromatic carbocycles. The van der Waals surface area contributed by atoms with Crippen molar-refractivity contribution >= 4 is 39.0 Å². The minimum Gasteiger partial charge on any atom is -0.298 e. The van der Waals surface area contributed by atoms with Crippen LogP contribution in [-0.2, 0) is 6.54 Å². The number of piperidine rings is 1. The molecular formula is C12H15BrN2S2. The monoisotopic (exact) mass is 330 g/mol. The minimum absolute atomic E-state index is 0.132. The van der Waals surface area contributed by atoms with Gasteiger partial charge in [-0.25, -0.2) is 0 Å². The molecule has 0 radical (unpaired) electrons. The van der Waals surface area contributed by atoms with Crippen molar-refractivity contribution in [3.05, 3.63) is 20.8 Å². The normalized spacial score (nSPS) is 20.1. The van der Waals surface area contributed by atoms with Crippen molar-refractivity contribution in [2.45, 2.75) is 24.1 Å². The maximum absolute atomic E-state index is 9.23. The van der Waals surface area contributed by atoms with Gasteiger partial charge in [-0.3, -0.25) is 4.90 Å². The molecule has 1 saturated heterocycles. The molecule has 17 heavy (non-hydrogen) atoms. The van der Waals surface area contributed by atoms with Crippen molar-refractivity contribution < 1.29 is 0 Å². The molecule has 1 aliphatic rings. The Morgan fingerprint density at radius 1 is 1.53 bits per heavy atom. The van der Waals surface area contributed by atoms with E-state index in [4.69, 9.17) is 0 Å². The van der Waals surface area contributed by atoms with Crippen LogP contribution in [0.2, 0.25) is 0 Å². The molecule has 0 aliphatic carbocycles. The number of thiophene rings is 1. The lowest BCUT2D eigenvalue weighted by molar-refractivity contribution is 0.211. The standard InChI is InChI=1S/C12H15BrN2S2/c1-16-12(9-14)4-6-15(7-5-12)8-10-2-3-11(13)17-10/h2-3H,4-8H2,1H3. The molecule has 0 unspecified atom stereocenters. The van der Waals surface area contributed by atoms with Crippen molar-refractivity contribution in [2.75, 3.05) is 19.3 Å². The average Bonchev–Trinajstić information content (AvgIpc) is 2.76. The zero-order chi connectivity index (χ0) is 12.3. The molecule has 1 aromatic heterocycles. The number of thioether (sulfide) groups is 1. The Morgan fingerprint density at radius 3 is 2.71 bits per heavy atom. The number of hydrogen-bond acceptors (Lipinski definition) is 4. The first-order valence-electron chi connectivity index (χ1n) is 5.60. The number of nitrogens with zero attached hydrogens (tertiary/aromatic N) is 2. The summed E-state index contributed by atoms with van der Waals surface area (Å²) in [6, 6.07) is 6.77. The highest BCUT2D eigenvalue weighted by Crippen LogP contribution is 2.34. The molecule has 0 spiro atoms. The van der Waals surface area contributed by atoms with E-state index in [9.17, 15) is 5.26 Å². The van der Waals surface area contributed by atoms with E-state index in [2.05, 4.69) is 45.3 Å². The smallest absolute Gasteiger partial charge is 0.104 e. The zero-order valence-corrected chi connectivity index (χ0v) is 13.0. The Labute approximate surface area is 119 Å². The number of hydrogen-bond donors (Lipinski definition) is 0. The molecule has 0 N–H and O–H groups in total. The van der Waals surface area contributed by atoms with E-state index in [0.717, 1.165) is 32.5 Å². The Kier molecular flexibility index (Phi) is 4.53. The zero-order valence-electron chi connectivity index (χ0n) is 9.78. The van der Waals surface area contributed by atoms with Crippen LogP contribution in [0.4, 0.5) is 0 Å². The van der Waals surface area contributed by atoms with Crippen LogP contribution in [0.5, 0.6) is 0 Å². The van der Waals surface area contributed by atoms with E-state index in [1.807, 2.05) is 0 Å². The molecule has 2 heterocycles. The van der Waals surface area contributed by atoms with Crippen LogP contribution in [0.1, 0.15) is 17.7 Å². The number of likely N-dealkylation sites (tertiary alicyclic amines) is 1. The maximum Gasteiger partial charge on any atom is 0.104 e. The van der Waals surface area contributed by atoms with Gasteiger partial charge in [0.2, 0.25) is 0 Å². The fraction of sp³-hybridized carbons (Fsp3) is 0.583. The maximum atomic E-state index is 9.23. The first-order chi connectivity index (χ1) is 8.17. The average molecular weight is 331 g/mol. The quantitative estimate of drug-likeness (QED) is 0.844. The van der Waals surface area contributed by atoms with Crippen LogP contribution in [0.3, 0.4) is 0 Å². The van der Waals surface area contributed by atoms with E-state index in [-0.39, 0.29) is 4.75 Å². The second-order valence-corrected chi connectivity index (χ2v) is 8.03.